The lowest BCUT2D eigenvalue weighted by atomic mass is 10.1. The van der Waals surface area contributed by atoms with Crippen molar-refractivity contribution in [3.63, 3.8) is 0 Å². The number of amides is 1. The zero-order chi connectivity index (χ0) is 20.6. The molecule has 0 aliphatic carbocycles. The number of halogens is 1. The fourth-order valence-corrected chi connectivity index (χ4v) is 5.04. The predicted molar refractivity (Wildman–Crippen MR) is 110 cm³/mol. The summed E-state index contributed by atoms with van der Waals surface area (Å²) >= 11 is 7.40. The minimum atomic E-state index is -3.99. The van der Waals surface area contributed by atoms with Crippen molar-refractivity contribution >= 4 is 54.2 Å². The van der Waals surface area contributed by atoms with Crippen LogP contribution < -0.4 is 5.32 Å². The number of aryl methyl sites for hydroxylation is 2. The summed E-state index contributed by atoms with van der Waals surface area (Å²) in [5.74, 6) is -0.484. The molecule has 1 N–H and O–H groups in total. The molecule has 7 nitrogen and oxygen atoms in total. The van der Waals surface area contributed by atoms with Gasteiger partial charge in [-0.05, 0) is 43.2 Å². The van der Waals surface area contributed by atoms with Crippen molar-refractivity contribution in [1.29, 1.82) is 0 Å². The van der Waals surface area contributed by atoms with Crippen molar-refractivity contribution in [1.82, 2.24) is 9.45 Å². The van der Waals surface area contributed by atoms with Crippen molar-refractivity contribution in [2.75, 3.05) is 19.5 Å². The summed E-state index contributed by atoms with van der Waals surface area (Å²) in [6, 6.07) is 8.01. The Labute approximate surface area is 171 Å². The van der Waals surface area contributed by atoms with Gasteiger partial charge in [0.05, 0.1) is 22.3 Å². The molecule has 0 spiro atoms. The number of sulfonamides is 1. The van der Waals surface area contributed by atoms with Crippen LogP contribution >= 0.6 is 22.9 Å². The SMILES string of the molecule is CON(C)S(=O)(=O)c1cc(C(=O)Nc2nc3c(C)ccc(C)c3s2)ccc1Cl. The van der Waals surface area contributed by atoms with E-state index >= 15 is 0 Å². The van der Waals surface area contributed by atoms with Gasteiger partial charge >= 0.3 is 0 Å². The highest BCUT2D eigenvalue weighted by molar-refractivity contribution is 7.89. The van der Waals surface area contributed by atoms with Gasteiger partial charge in [-0.1, -0.05) is 39.5 Å². The zero-order valence-electron chi connectivity index (χ0n) is 15.6. The van der Waals surface area contributed by atoms with E-state index < -0.39 is 15.9 Å². The van der Waals surface area contributed by atoms with E-state index in [-0.39, 0.29) is 15.5 Å². The lowest BCUT2D eigenvalue weighted by molar-refractivity contribution is -0.0258. The van der Waals surface area contributed by atoms with Crippen LogP contribution in [-0.4, -0.2) is 37.9 Å². The molecule has 0 fully saturated rings. The first-order chi connectivity index (χ1) is 13.1. The molecule has 0 aliphatic rings. The van der Waals surface area contributed by atoms with Crippen LogP contribution in [0.3, 0.4) is 0 Å². The molecule has 0 unspecified atom stereocenters. The maximum absolute atomic E-state index is 12.7. The molecule has 0 atom stereocenters. The molecule has 1 heterocycles. The van der Waals surface area contributed by atoms with Crippen molar-refractivity contribution in [3.8, 4) is 0 Å². The van der Waals surface area contributed by atoms with Gasteiger partial charge in [0.1, 0.15) is 4.90 Å². The monoisotopic (exact) mass is 439 g/mol. The third kappa shape index (κ3) is 3.76. The molecular weight excluding hydrogens is 422 g/mol. The number of nitrogens with zero attached hydrogens (tertiary/aromatic N) is 2. The minimum absolute atomic E-state index is 0.00770. The lowest BCUT2D eigenvalue weighted by Crippen LogP contribution is -2.26. The molecule has 148 valence electrons. The van der Waals surface area contributed by atoms with E-state index in [1.165, 1.54) is 43.7 Å². The molecule has 2 aromatic carbocycles. The number of fused-ring (bicyclic) bond motifs is 1. The summed E-state index contributed by atoms with van der Waals surface area (Å²) in [7, 11) is -1.53. The maximum atomic E-state index is 12.7. The second-order valence-corrected chi connectivity index (χ2v) is 9.40. The molecule has 10 heteroatoms. The van der Waals surface area contributed by atoms with Crippen molar-refractivity contribution in [3.05, 3.63) is 52.0 Å². The number of hydroxylamine groups is 1. The first-order valence-electron chi connectivity index (χ1n) is 8.16. The average Bonchev–Trinajstić information content (AvgIpc) is 3.09. The smallest absolute Gasteiger partial charge is 0.266 e. The Kier molecular flexibility index (Phi) is 5.74. The quantitative estimate of drug-likeness (QED) is 0.607. The van der Waals surface area contributed by atoms with Gasteiger partial charge in [0.25, 0.3) is 15.9 Å². The number of nitrogens with one attached hydrogen (secondary N) is 1. The molecule has 0 bridgehead atoms. The lowest BCUT2D eigenvalue weighted by Gasteiger charge is -2.15. The topological polar surface area (TPSA) is 88.6 Å². The Morgan fingerprint density at radius 1 is 1.21 bits per heavy atom. The van der Waals surface area contributed by atoms with Crippen molar-refractivity contribution in [2.45, 2.75) is 18.7 Å². The van der Waals surface area contributed by atoms with E-state index in [0.717, 1.165) is 21.3 Å². The molecule has 3 rings (SSSR count). The number of aromatic nitrogens is 1. The van der Waals surface area contributed by atoms with Crippen molar-refractivity contribution in [2.24, 2.45) is 0 Å². The van der Waals surface area contributed by atoms with Crippen LogP contribution in [0.15, 0.2) is 35.2 Å². The van der Waals surface area contributed by atoms with Gasteiger partial charge in [0, 0.05) is 12.6 Å². The van der Waals surface area contributed by atoms with Gasteiger partial charge in [-0.15, -0.1) is 0 Å². The molecule has 0 saturated carbocycles. The normalized spacial score (nSPS) is 11.9. The Morgan fingerprint density at radius 3 is 2.54 bits per heavy atom. The second kappa shape index (κ2) is 7.76. The van der Waals surface area contributed by atoms with E-state index in [9.17, 15) is 13.2 Å². The van der Waals surface area contributed by atoms with Gasteiger partial charge in [0.15, 0.2) is 5.13 Å². The van der Waals surface area contributed by atoms with Crippen LogP contribution in [-0.2, 0) is 14.9 Å². The van der Waals surface area contributed by atoms with Crippen LogP contribution in [0.5, 0.6) is 0 Å². The second-order valence-electron chi connectivity index (χ2n) is 6.09. The summed E-state index contributed by atoms with van der Waals surface area (Å²) in [6.07, 6.45) is 0. The summed E-state index contributed by atoms with van der Waals surface area (Å²) in [4.78, 5) is 21.7. The third-order valence-corrected chi connectivity index (χ3v) is 7.50. The number of anilines is 1. The van der Waals surface area contributed by atoms with Gasteiger partial charge in [-0.25, -0.2) is 13.4 Å². The highest BCUT2D eigenvalue weighted by Gasteiger charge is 2.25. The number of carbonyl (C=O) groups is 1. The van der Waals surface area contributed by atoms with Crippen LogP contribution in [0.4, 0.5) is 5.13 Å². The van der Waals surface area contributed by atoms with Crippen LogP contribution in [0.25, 0.3) is 10.2 Å². The molecule has 0 saturated heterocycles. The largest absolute Gasteiger partial charge is 0.298 e. The Hall–Kier alpha value is -2.04. The third-order valence-electron chi connectivity index (χ3n) is 4.23. The van der Waals surface area contributed by atoms with E-state index in [2.05, 4.69) is 10.3 Å². The van der Waals surface area contributed by atoms with Gasteiger partial charge in [0.2, 0.25) is 0 Å². The fraction of sp³-hybridized carbons (Fsp3) is 0.222. The molecule has 1 amide bonds. The summed E-state index contributed by atoms with van der Waals surface area (Å²) in [6.45, 7) is 3.93. The van der Waals surface area contributed by atoms with E-state index in [4.69, 9.17) is 16.4 Å². The van der Waals surface area contributed by atoms with Crippen molar-refractivity contribution < 1.29 is 18.0 Å². The summed E-state index contributed by atoms with van der Waals surface area (Å²) < 4.78 is 26.6. The Balaban J connectivity index is 1.95. The predicted octanol–water partition coefficient (Wildman–Crippen LogP) is 4.00. The molecule has 28 heavy (non-hydrogen) atoms. The molecule has 0 aliphatic heterocycles. The maximum Gasteiger partial charge on any atom is 0.266 e. The number of rotatable bonds is 5. The summed E-state index contributed by atoms with van der Waals surface area (Å²) in [5, 5.41) is 3.16. The number of hydrogen-bond acceptors (Lipinski definition) is 6. The standard InChI is InChI=1S/C18H18ClN3O4S2/c1-10-5-6-11(2)16-15(10)20-18(27-16)21-17(23)12-7-8-13(19)14(9-12)28(24,25)22(3)26-4/h5-9H,1-4H3,(H,20,21,23). The van der Waals surface area contributed by atoms with Crippen LogP contribution in [0.1, 0.15) is 21.5 Å². The zero-order valence-corrected chi connectivity index (χ0v) is 18.0. The van der Waals surface area contributed by atoms with Gasteiger partial charge in [-0.2, -0.15) is 0 Å². The minimum Gasteiger partial charge on any atom is -0.298 e. The van der Waals surface area contributed by atoms with Crippen LogP contribution in [0.2, 0.25) is 5.02 Å². The van der Waals surface area contributed by atoms with E-state index in [0.29, 0.717) is 9.60 Å². The number of carbonyl (C=O) groups excluding carboxylic acids is 1. The molecular formula is C18H18ClN3O4S2. The van der Waals surface area contributed by atoms with Gasteiger partial charge < -0.3 is 0 Å². The number of thiazole rings is 1. The highest BCUT2D eigenvalue weighted by atomic mass is 35.5. The first-order valence-corrected chi connectivity index (χ1v) is 10.8. The fourth-order valence-electron chi connectivity index (χ4n) is 2.56. The molecule has 1 aromatic heterocycles. The van der Waals surface area contributed by atoms with E-state index in [1.807, 2.05) is 26.0 Å². The molecule has 0 radical (unpaired) electrons. The highest BCUT2D eigenvalue weighted by Crippen LogP contribution is 2.31. The Morgan fingerprint density at radius 2 is 1.89 bits per heavy atom. The number of hydrogen-bond donors (Lipinski definition) is 1. The Bertz CT molecular complexity index is 1140. The molecule has 3 aromatic rings. The summed E-state index contributed by atoms with van der Waals surface area (Å²) in [5.41, 5.74) is 3.06. The first kappa shape index (κ1) is 20.7. The van der Waals surface area contributed by atoms with Gasteiger partial charge in [-0.3, -0.25) is 14.9 Å². The number of benzene rings is 2. The average molecular weight is 440 g/mol. The van der Waals surface area contributed by atoms with E-state index in [1.54, 1.807) is 0 Å². The van der Waals surface area contributed by atoms with Crippen LogP contribution in [0, 0.1) is 13.8 Å².